The maximum Gasteiger partial charge on any atom is 0.236 e. The van der Waals surface area contributed by atoms with Crippen molar-refractivity contribution >= 4 is 10.0 Å². The van der Waals surface area contributed by atoms with Gasteiger partial charge in [-0.15, -0.1) is 6.58 Å². The number of ether oxygens (including phenoxy) is 1. The summed E-state index contributed by atoms with van der Waals surface area (Å²) in [5, 5.41) is 4.36. The average Bonchev–Trinajstić information content (AvgIpc) is 2.79. The van der Waals surface area contributed by atoms with E-state index in [1.165, 1.54) is 4.31 Å². The highest BCUT2D eigenvalue weighted by atomic mass is 32.2. The molecule has 2 unspecified atom stereocenters. The van der Waals surface area contributed by atoms with E-state index in [2.05, 4.69) is 18.5 Å². The summed E-state index contributed by atoms with van der Waals surface area (Å²) in [6, 6.07) is 9.61. The van der Waals surface area contributed by atoms with Crippen molar-refractivity contribution in [1.29, 1.82) is 0 Å². The molecule has 1 aromatic carbocycles. The molecule has 2 atom stereocenters. The smallest absolute Gasteiger partial charge is 0.236 e. The van der Waals surface area contributed by atoms with E-state index in [0.29, 0.717) is 26.3 Å². The summed E-state index contributed by atoms with van der Waals surface area (Å²) in [4.78, 5) is 0. The van der Waals surface area contributed by atoms with Crippen molar-refractivity contribution in [3.05, 3.63) is 60.5 Å². The minimum atomic E-state index is -3.50. The molecule has 2 rings (SSSR count). The molecular formula is C18H26N2O3S. The third-order valence-corrected chi connectivity index (χ3v) is 5.64. The Labute approximate surface area is 145 Å². The van der Waals surface area contributed by atoms with Gasteiger partial charge in [0.05, 0.1) is 19.3 Å². The highest BCUT2D eigenvalue weighted by Crippen LogP contribution is 2.18. The Kier molecular flexibility index (Phi) is 7.17. The lowest BCUT2D eigenvalue weighted by Crippen LogP contribution is -2.46. The van der Waals surface area contributed by atoms with Gasteiger partial charge in [-0.3, -0.25) is 0 Å². The van der Waals surface area contributed by atoms with Gasteiger partial charge in [0, 0.05) is 18.5 Å². The summed E-state index contributed by atoms with van der Waals surface area (Å²) < 4.78 is 32.1. The fourth-order valence-electron chi connectivity index (χ4n) is 2.85. The van der Waals surface area contributed by atoms with Gasteiger partial charge in [0.15, 0.2) is 0 Å². The van der Waals surface area contributed by atoms with Gasteiger partial charge in [-0.25, -0.2) is 8.42 Å². The first-order chi connectivity index (χ1) is 11.6. The van der Waals surface area contributed by atoms with Gasteiger partial charge in [-0.2, -0.15) is 4.31 Å². The number of nitrogens with one attached hydrogen (secondary N) is 1. The second kappa shape index (κ2) is 9.13. The van der Waals surface area contributed by atoms with Crippen molar-refractivity contribution in [2.24, 2.45) is 5.92 Å². The highest BCUT2D eigenvalue weighted by Gasteiger charge is 2.32. The molecule has 1 N–H and O–H groups in total. The normalized spacial score (nSPS) is 22.7. The summed E-state index contributed by atoms with van der Waals surface area (Å²) >= 11 is 0. The molecule has 0 saturated carbocycles. The average molecular weight is 350 g/mol. The second-order valence-corrected chi connectivity index (χ2v) is 7.82. The van der Waals surface area contributed by atoms with Crippen molar-refractivity contribution in [1.82, 2.24) is 9.62 Å². The van der Waals surface area contributed by atoms with Crippen LogP contribution in [0.2, 0.25) is 0 Å². The predicted octanol–water partition coefficient (Wildman–Crippen LogP) is 2.14. The minimum absolute atomic E-state index is 0.205. The van der Waals surface area contributed by atoms with E-state index in [1.54, 1.807) is 0 Å². The Morgan fingerprint density at radius 1 is 1.25 bits per heavy atom. The predicted molar refractivity (Wildman–Crippen MR) is 96.9 cm³/mol. The topological polar surface area (TPSA) is 58.6 Å². The van der Waals surface area contributed by atoms with Crippen LogP contribution in [0.3, 0.4) is 0 Å². The molecule has 1 fully saturated rings. The van der Waals surface area contributed by atoms with Crippen molar-refractivity contribution in [2.75, 3.05) is 26.2 Å². The molecule has 1 saturated heterocycles. The van der Waals surface area contributed by atoms with Crippen LogP contribution in [0.25, 0.3) is 0 Å². The first-order valence-corrected chi connectivity index (χ1v) is 9.64. The van der Waals surface area contributed by atoms with Crippen LogP contribution in [0.5, 0.6) is 0 Å². The molecule has 1 heterocycles. The standard InChI is InChI=1S/C18H26N2O3S/c1-3-8-17-11-19-12-18(20(13-17)24(21,22)4-2)15-23-14-16-9-6-5-7-10-16/h3-7,9-10,17-19H,1-2,8,11-15H2. The maximum atomic E-state index is 12.4. The fraction of sp³-hybridized carbons (Fsp3) is 0.444. The number of hydrogen-bond acceptors (Lipinski definition) is 4. The summed E-state index contributed by atoms with van der Waals surface area (Å²) in [6.07, 6.45) is 2.60. The van der Waals surface area contributed by atoms with Crippen LogP contribution < -0.4 is 5.32 Å². The highest BCUT2D eigenvalue weighted by molar-refractivity contribution is 7.92. The summed E-state index contributed by atoms with van der Waals surface area (Å²) in [5.74, 6) is 0.205. The lowest BCUT2D eigenvalue weighted by atomic mass is 10.1. The monoisotopic (exact) mass is 350 g/mol. The molecule has 0 amide bonds. The molecule has 6 heteroatoms. The van der Waals surface area contributed by atoms with Crippen LogP contribution in [0.15, 0.2) is 55.0 Å². The Balaban J connectivity index is 2.03. The molecule has 0 bridgehead atoms. The van der Waals surface area contributed by atoms with E-state index in [-0.39, 0.29) is 12.0 Å². The van der Waals surface area contributed by atoms with E-state index in [0.717, 1.165) is 23.9 Å². The molecule has 5 nitrogen and oxygen atoms in total. The van der Waals surface area contributed by atoms with Crippen molar-refractivity contribution in [2.45, 2.75) is 19.1 Å². The first kappa shape index (κ1) is 18.9. The molecular weight excluding hydrogens is 324 g/mol. The largest absolute Gasteiger partial charge is 0.375 e. The Hall–Kier alpha value is -1.47. The van der Waals surface area contributed by atoms with Crippen LogP contribution in [0.4, 0.5) is 0 Å². The van der Waals surface area contributed by atoms with Crippen molar-refractivity contribution < 1.29 is 13.2 Å². The van der Waals surface area contributed by atoms with Crippen molar-refractivity contribution in [3.63, 3.8) is 0 Å². The van der Waals surface area contributed by atoms with E-state index < -0.39 is 10.0 Å². The zero-order valence-corrected chi connectivity index (χ0v) is 14.7. The molecule has 1 aliphatic heterocycles. The van der Waals surface area contributed by atoms with Crippen LogP contribution in [-0.2, 0) is 21.4 Å². The molecule has 0 aromatic heterocycles. The molecule has 1 aromatic rings. The van der Waals surface area contributed by atoms with Gasteiger partial charge in [0.25, 0.3) is 0 Å². The summed E-state index contributed by atoms with van der Waals surface area (Å²) in [7, 11) is -3.50. The minimum Gasteiger partial charge on any atom is -0.375 e. The van der Waals surface area contributed by atoms with E-state index >= 15 is 0 Å². The number of sulfonamides is 1. The van der Waals surface area contributed by atoms with Gasteiger partial charge in [0.2, 0.25) is 10.0 Å². The zero-order valence-electron chi connectivity index (χ0n) is 13.9. The van der Waals surface area contributed by atoms with Gasteiger partial charge in [-0.1, -0.05) is 43.0 Å². The van der Waals surface area contributed by atoms with E-state index in [9.17, 15) is 8.42 Å². The molecule has 0 radical (unpaired) electrons. The van der Waals surface area contributed by atoms with Gasteiger partial charge in [0.1, 0.15) is 0 Å². The quantitative estimate of drug-likeness (QED) is 0.730. The summed E-state index contributed by atoms with van der Waals surface area (Å²) in [6.45, 7) is 9.81. The number of allylic oxidation sites excluding steroid dienone is 1. The number of benzene rings is 1. The molecule has 132 valence electrons. The van der Waals surface area contributed by atoms with Crippen LogP contribution in [-0.4, -0.2) is 45.0 Å². The Morgan fingerprint density at radius 2 is 2.00 bits per heavy atom. The molecule has 24 heavy (non-hydrogen) atoms. The van der Waals surface area contributed by atoms with Gasteiger partial charge in [-0.05, 0) is 24.4 Å². The molecule has 0 spiro atoms. The van der Waals surface area contributed by atoms with Crippen LogP contribution in [0.1, 0.15) is 12.0 Å². The van der Waals surface area contributed by atoms with Gasteiger partial charge >= 0.3 is 0 Å². The van der Waals surface area contributed by atoms with Crippen LogP contribution in [0, 0.1) is 5.92 Å². The Bertz CT molecular complexity index is 631. The molecule has 0 aliphatic carbocycles. The third kappa shape index (κ3) is 5.27. The number of nitrogens with zero attached hydrogens (tertiary/aromatic N) is 1. The number of hydrogen-bond donors (Lipinski definition) is 1. The Morgan fingerprint density at radius 3 is 2.67 bits per heavy atom. The number of rotatable bonds is 8. The first-order valence-electron chi connectivity index (χ1n) is 8.14. The van der Waals surface area contributed by atoms with Gasteiger partial charge < -0.3 is 10.1 Å². The lowest BCUT2D eigenvalue weighted by Gasteiger charge is -2.28. The molecule has 1 aliphatic rings. The third-order valence-electron chi connectivity index (χ3n) is 4.12. The zero-order chi connectivity index (χ0) is 17.4. The van der Waals surface area contributed by atoms with Crippen molar-refractivity contribution in [3.8, 4) is 0 Å². The van der Waals surface area contributed by atoms with E-state index in [4.69, 9.17) is 4.74 Å². The lowest BCUT2D eigenvalue weighted by molar-refractivity contribution is 0.0791. The second-order valence-electron chi connectivity index (χ2n) is 5.98. The van der Waals surface area contributed by atoms with Crippen LogP contribution >= 0.6 is 0 Å². The summed E-state index contributed by atoms with van der Waals surface area (Å²) in [5.41, 5.74) is 1.07. The SMILES string of the molecule is C=CCC1CNCC(COCc2ccccc2)N(S(=O)(=O)C=C)C1. The fourth-order valence-corrected chi connectivity index (χ4v) is 4.02. The van der Waals surface area contributed by atoms with E-state index in [1.807, 2.05) is 36.4 Å². The maximum absolute atomic E-state index is 12.4.